The lowest BCUT2D eigenvalue weighted by molar-refractivity contribution is -0.385. The highest BCUT2D eigenvalue weighted by atomic mass is 32.2. The summed E-state index contributed by atoms with van der Waals surface area (Å²) in [4.78, 5) is 12.3. The van der Waals surface area contributed by atoms with Crippen molar-refractivity contribution >= 4 is 17.4 Å². The number of hydrogen-bond acceptors (Lipinski definition) is 5. The van der Waals surface area contributed by atoms with Gasteiger partial charge in [-0.2, -0.15) is 0 Å². The third-order valence-corrected chi connectivity index (χ3v) is 3.89. The molecule has 0 fully saturated rings. The Hall–Kier alpha value is -2.21. The van der Waals surface area contributed by atoms with E-state index < -0.39 is 0 Å². The number of ether oxygens (including phenoxy) is 2. The first-order valence-electron chi connectivity index (χ1n) is 6.19. The van der Waals surface area contributed by atoms with Crippen LogP contribution in [0.1, 0.15) is 5.56 Å². The topological polar surface area (TPSA) is 61.6 Å². The lowest BCUT2D eigenvalue weighted by atomic mass is 10.2. The lowest BCUT2D eigenvalue weighted by Crippen LogP contribution is -1.91. The number of rotatable bonds is 5. The van der Waals surface area contributed by atoms with Crippen molar-refractivity contribution in [2.45, 2.75) is 16.7 Å². The van der Waals surface area contributed by atoms with Crippen molar-refractivity contribution in [3.63, 3.8) is 0 Å². The van der Waals surface area contributed by atoms with Crippen molar-refractivity contribution in [2.75, 3.05) is 14.2 Å². The summed E-state index contributed by atoms with van der Waals surface area (Å²) in [6, 6.07) is 10.6. The molecule has 0 aliphatic rings. The number of hydrogen-bond donors (Lipinski definition) is 0. The molecular formula is C15H15NO4S. The molecule has 0 atom stereocenters. The Morgan fingerprint density at radius 1 is 1.00 bits per heavy atom. The van der Waals surface area contributed by atoms with Gasteiger partial charge >= 0.3 is 0 Å². The number of nitrogens with zero attached hydrogens (tertiary/aromatic N) is 1. The molecule has 0 amide bonds. The van der Waals surface area contributed by atoms with Crippen LogP contribution in [0.25, 0.3) is 0 Å². The van der Waals surface area contributed by atoms with Gasteiger partial charge in [0, 0.05) is 27.5 Å². The van der Waals surface area contributed by atoms with Gasteiger partial charge in [0.15, 0.2) is 0 Å². The molecular weight excluding hydrogens is 290 g/mol. The number of methoxy groups -OCH3 is 2. The van der Waals surface area contributed by atoms with E-state index in [4.69, 9.17) is 9.47 Å². The maximum Gasteiger partial charge on any atom is 0.272 e. The summed E-state index contributed by atoms with van der Waals surface area (Å²) in [5.74, 6) is 1.41. The smallest absolute Gasteiger partial charge is 0.272 e. The van der Waals surface area contributed by atoms with Crippen LogP contribution in [-0.4, -0.2) is 19.1 Å². The molecule has 0 radical (unpaired) electrons. The third kappa shape index (κ3) is 3.66. The van der Waals surface area contributed by atoms with E-state index in [0.717, 1.165) is 9.79 Å². The molecule has 0 aromatic heterocycles. The summed E-state index contributed by atoms with van der Waals surface area (Å²) >= 11 is 1.50. The van der Waals surface area contributed by atoms with E-state index in [1.807, 2.05) is 12.1 Å². The van der Waals surface area contributed by atoms with Crippen molar-refractivity contribution in [3.05, 3.63) is 52.1 Å². The number of aryl methyl sites for hydroxylation is 1. The summed E-state index contributed by atoms with van der Waals surface area (Å²) in [6.07, 6.45) is 0. The molecule has 21 heavy (non-hydrogen) atoms. The third-order valence-electron chi connectivity index (χ3n) is 2.93. The van der Waals surface area contributed by atoms with Crippen LogP contribution in [-0.2, 0) is 0 Å². The van der Waals surface area contributed by atoms with Crippen LogP contribution in [0.4, 0.5) is 5.69 Å². The fourth-order valence-electron chi connectivity index (χ4n) is 1.87. The van der Waals surface area contributed by atoms with Crippen LogP contribution < -0.4 is 9.47 Å². The second-order valence-electron chi connectivity index (χ2n) is 4.36. The molecule has 2 aromatic rings. The summed E-state index contributed by atoms with van der Waals surface area (Å²) < 4.78 is 10.5. The maximum absolute atomic E-state index is 10.8. The van der Waals surface area contributed by atoms with E-state index in [9.17, 15) is 10.1 Å². The molecule has 5 nitrogen and oxygen atoms in total. The zero-order valence-corrected chi connectivity index (χ0v) is 12.8. The highest BCUT2D eigenvalue weighted by Gasteiger charge is 2.11. The zero-order chi connectivity index (χ0) is 15.4. The molecule has 0 heterocycles. The van der Waals surface area contributed by atoms with Crippen molar-refractivity contribution in [1.29, 1.82) is 0 Å². The van der Waals surface area contributed by atoms with E-state index in [1.54, 1.807) is 39.3 Å². The van der Waals surface area contributed by atoms with E-state index >= 15 is 0 Å². The average Bonchev–Trinajstić information content (AvgIpc) is 2.46. The average molecular weight is 305 g/mol. The van der Waals surface area contributed by atoms with Gasteiger partial charge < -0.3 is 9.47 Å². The quantitative estimate of drug-likeness (QED) is 0.615. The van der Waals surface area contributed by atoms with Crippen LogP contribution in [0, 0.1) is 17.0 Å². The van der Waals surface area contributed by atoms with E-state index in [-0.39, 0.29) is 10.6 Å². The Labute approximate surface area is 127 Å². The molecule has 0 aliphatic carbocycles. The van der Waals surface area contributed by atoms with Gasteiger partial charge in [0.1, 0.15) is 11.5 Å². The molecule has 0 saturated heterocycles. The first kappa shape index (κ1) is 15.2. The number of nitro groups is 1. The van der Waals surface area contributed by atoms with Crippen molar-refractivity contribution < 1.29 is 14.4 Å². The zero-order valence-electron chi connectivity index (χ0n) is 12.0. The first-order chi connectivity index (χ1) is 10.0. The minimum Gasteiger partial charge on any atom is -0.497 e. The van der Waals surface area contributed by atoms with Crippen molar-refractivity contribution in [1.82, 2.24) is 0 Å². The van der Waals surface area contributed by atoms with Gasteiger partial charge in [0.05, 0.1) is 19.1 Å². The monoisotopic (exact) mass is 305 g/mol. The summed E-state index contributed by atoms with van der Waals surface area (Å²) in [6.45, 7) is 1.73. The molecule has 0 unspecified atom stereocenters. The van der Waals surface area contributed by atoms with Gasteiger partial charge in [-0.05, 0) is 31.2 Å². The van der Waals surface area contributed by atoms with Gasteiger partial charge in [-0.25, -0.2) is 0 Å². The second-order valence-corrected chi connectivity index (χ2v) is 5.50. The molecule has 0 saturated carbocycles. The van der Waals surface area contributed by atoms with Gasteiger partial charge in [0.25, 0.3) is 5.69 Å². The molecule has 2 rings (SSSR count). The van der Waals surface area contributed by atoms with Crippen LogP contribution in [0.3, 0.4) is 0 Å². The largest absolute Gasteiger partial charge is 0.497 e. The normalized spacial score (nSPS) is 10.2. The molecule has 0 bridgehead atoms. The Balaban J connectivity index is 2.29. The summed E-state index contributed by atoms with van der Waals surface area (Å²) in [5.41, 5.74) is 0.766. The van der Waals surface area contributed by atoms with E-state index in [0.29, 0.717) is 17.1 Å². The van der Waals surface area contributed by atoms with Gasteiger partial charge in [-0.3, -0.25) is 10.1 Å². The molecule has 2 aromatic carbocycles. The van der Waals surface area contributed by atoms with Gasteiger partial charge in [0.2, 0.25) is 0 Å². The predicted molar refractivity (Wildman–Crippen MR) is 81.5 cm³/mol. The summed E-state index contributed by atoms with van der Waals surface area (Å²) in [7, 11) is 3.19. The fourth-order valence-corrected chi connectivity index (χ4v) is 2.87. The Kier molecular flexibility index (Phi) is 4.70. The van der Waals surface area contributed by atoms with Gasteiger partial charge in [-0.1, -0.05) is 11.8 Å². The highest BCUT2D eigenvalue weighted by molar-refractivity contribution is 7.99. The maximum atomic E-state index is 10.8. The fraction of sp³-hybridized carbons (Fsp3) is 0.200. The Bertz CT molecular complexity index is 650. The number of benzene rings is 2. The Morgan fingerprint density at radius 2 is 1.62 bits per heavy atom. The molecule has 110 valence electrons. The van der Waals surface area contributed by atoms with Crippen LogP contribution >= 0.6 is 11.8 Å². The second kappa shape index (κ2) is 6.49. The standard InChI is InChI=1S/C15H15NO4S/c1-10-6-13(4-5-15(10)16(17)18)21-14-8-11(19-2)7-12(9-14)20-3/h4-9H,1-3H3. The van der Waals surface area contributed by atoms with Crippen LogP contribution in [0.2, 0.25) is 0 Å². The molecule has 0 spiro atoms. The minimum absolute atomic E-state index is 0.127. The molecule has 6 heteroatoms. The molecule has 0 aliphatic heterocycles. The van der Waals surface area contributed by atoms with Crippen LogP contribution in [0.15, 0.2) is 46.2 Å². The molecule has 0 N–H and O–H groups in total. The van der Waals surface area contributed by atoms with E-state index in [2.05, 4.69) is 0 Å². The minimum atomic E-state index is -0.377. The SMILES string of the molecule is COc1cc(OC)cc(Sc2ccc([N+](=O)[O-])c(C)c2)c1. The van der Waals surface area contributed by atoms with Crippen LogP contribution in [0.5, 0.6) is 11.5 Å². The van der Waals surface area contributed by atoms with Crippen molar-refractivity contribution in [3.8, 4) is 11.5 Å². The summed E-state index contributed by atoms with van der Waals surface area (Å²) in [5, 5.41) is 10.8. The highest BCUT2D eigenvalue weighted by Crippen LogP contribution is 2.35. The predicted octanol–water partition coefficient (Wildman–Crippen LogP) is 4.07. The first-order valence-corrected chi connectivity index (χ1v) is 7.01. The number of nitro benzene ring substituents is 1. The van der Waals surface area contributed by atoms with Crippen molar-refractivity contribution in [2.24, 2.45) is 0 Å². The Morgan fingerprint density at radius 3 is 2.10 bits per heavy atom. The lowest BCUT2D eigenvalue weighted by Gasteiger charge is -2.08. The van der Waals surface area contributed by atoms with Gasteiger partial charge in [-0.15, -0.1) is 0 Å². The van der Waals surface area contributed by atoms with E-state index in [1.165, 1.54) is 17.8 Å².